The Morgan fingerprint density at radius 2 is 1.45 bits per heavy atom. The molecule has 0 amide bonds. The maximum atomic E-state index is 5.30. The van der Waals surface area contributed by atoms with Crippen molar-refractivity contribution < 1.29 is 9.47 Å². The maximum absolute atomic E-state index is 5.30. The fraction of sp³-hybridized carbons (Fsp3) is 0.250. The number of hydrogen-bond acceptors (Lipinski definition) is 2. The highest BCUT2D eigenvalue weighted by Crippen LogP contribution is 2.36. The number of alkyl halides is 1. The van der Waals surface area contributed by atoms with Gasteiger partial charge in [-0.1, -0.05) is 34.1 Å². The number of hydrogen-bond donors (Lipinski definition) is 0. The summed E-state index contributed by atoms with van der Waals surface area (Å²) >= 11 is 7.27. The van der Waals surface area contributed by atoms with Gasteiger partial charge in [0.25, 0.3) is 0 Å². The Morgan fingerprint density at radius 3 is 1.95 bits per heavy atom. The molecular formula is C16H16Br2O2. The summed E-state index contributed by atoms with van der Waals surface area (Å²) in [6.45, 7) is 2.05. The monoisotopic (exact) mass is 398 g/mol. The standard InChI is InChI=1S/C16H16Br2O2/c1-10-8-11(4-6-14(10)19-2)16(18)12-5-7-15(20-3)13(17)9-12/h4-9,16H,1-3H3. The Bertz CT molecular complexity index is 558. The minimum Gasteiger partial charge on any atom is -0.496 e. The van der Waals surface area contributed by atoms with Crippen molar-refractivity contribution in [3.05, 3.63) is 57.6 Å². The molecule has 2 aromatic rings. The second-order valence-corrected chi connectivity index (χ2v) is 6.26. The molecule has 2 nitrogen and oxygen atoms in total. The lowest BCUT2D eigenvalue weighted by Gasteiger charge is -2.14. The van der Waals surface area contributed by atoms with Gasteiger partial charge in [0.2, 0.25) is 0 Å². The normalized spacial score (nSPS) is 12.1. The second-order valence-electron chi connectivity index (χ2n) is 4.49. The highest BCUT2D eigenvalue weighted by Gasteiger charge is 2.13. The van der Waals surface area contributed by atoms with Gasteiger partial charge >= 0.3 is 0 Å². The molecule has 0 aliphatic rings. The van der Waals surface area contributed by atoms with Gasteiger partial charge in [-0.15, -0.1) is 0 Å². The Hall–Kier alpha value is -1.00. The number of rotatable bonds is 4. The van der Waals surface area contributed by atoms with Crippen LogP contribution in [0.4, 0.5) is 0 Å². The van der Waals surface area contributed by atoms with Crippen LogP contribution in [0, 0.1) is 6.92 Å². The van der Waals surface area contributed by atoms with Gasteiger partial charge in [-0.3, -0.25) is 0 Å². The fourth-order valence-corrected chi connectivity index (χ4v) is 3.22. The van der Waals surface area contributed by atoms with Crippen molar-refractivity contribution in [3.63, 3.8) is 0 Å². The van der Waals surface area contributed by atoms with E-state index in [-0.39, 0.29) is 4.83 Å². The minimum absolute atomic E-state index is 0.134. The van der Waals surface area contributed by atoms with Crippen molar-refractivity contribution >= 4 is 31.9 Å². The first kappa shape index (κ1) is 15.4. The van der Waals surface area contributed by atoms with Gasteiger partial charge in [-0.05, 0) is 57.7 Å². The molecule has 1 atom stereocenters. The van der Waals surface area contributed by atoms with E-state index in [0.29, 0.717) is 0 Å². The molecule has 2 rings (SSSR count). The highest BCUT2D eigenvalue weighted by atomic mass is 79.9. The average molecular weight is 400 g/mol. The maximum Gasteiger partial charge on any atom is 0.133 e. The van der Waals surface area contributed by atoms with Gasteiger partial charge in [0.15, 0.2) is 0 Å². The van der Waals surface area contributed by atoms with Crippen LogP contribution in [0.2, 0.25) is 0 Å². The lowest BCUT2D eigenvalue weighted by Crippen LogP contribution is -1.96. The molecule has 0 saturated carbocycles. The zero-order valence-corrected chi connectivity index (χ0v) is 14.8. The summed E-state index contributed by atoms with van der Waals surface area (Å²) in [6.07, 6.45) is 0. The summed E-state index contributed by atoms with van der Waals surface area (Å²) in [4.78, 5) is 0.134. The van der Waals surface area contributed by atoms with E-state index in [9.17, 15) is 0 Å². The first-order valence-electron chi connectivity index (χ1n) is 6.19. The molecule has 106 valence electrons. The van der Waals surface area contributed by atoms with E-state index in [1.165, 1.54) is 11.1 Å². The first-order valence-corrected chi connectivity index (χ1v) is 7.89. The van der Waals surface area contributed by atoms with Crippen LogP contribution in [0.25, 0.3) is 0 Å². The van der Waals surface area contributed by atoms with Crippen molar-refractivity contribution in [2.45, 2.75) is 11.8 Å². The molecular weight excluding hydrogens is 384 g/mol. The minimum atomic E-state index is 0.134. The lowest BCUT2D eigenvalue weighted by atomic mass is 10.0. The van der Waals surface area contributed by atoms with Crippen LogP contribution in [0.3, 0.4) is 0 Å². The van der Waals surface area contributed by atoms with Crippen LogP contribution in [-0.4, -0.2) is 14.2 Å². The van der Waals surface area contributed by atoms with Crippen LogP contribution in [0.15, 0.2) is 40.9 Å². The van der Waals surface area contributed by atoms with Gasteiger partial charge < -0.3 is 9.47 Å². The second kappa shape index (κ2) is 6.64. The Kier molecular flexibility index (Phi) is 5.11. The molecule has 0 aliphatic heterocycles. The van der Waals surface area contributed by atoms with Crippen LogP contribution >= 0.6 is 31.9 Å². The van der Waals surface area contributed by atoms with E-state index in [4.69, 9.17) is 9.47 Å². The Labute approximate surface area is 136 Å². The summed E-state index contributed by atoms with van der Waals surface area (Å²) in [7, 11) is 3.35. The SMILES string of the molecule is COc1ccc(C(Br)c2ccc(OC)c(Br)c2)cc1C. The van der Waals surface area contributed by atoms with Gasteiger partial charge in [-0.25, -0.2) is 0 Å². The molecule has 0 N–H and O–H groups in total. The van der Waals surface area contributed by atoms with E-state index in [2.05, 4.69) is 56.1 Å². The smallest absolute Gasteiger partial charge is 0.133 e. The largest absolute Gasteiger partial charge is 0.496 e. The van der Waals surface area contributed by atoms with Crippen LogP contribution in [-0.2, 0) is 0 Å². The predicted octanol–water partition coefficient (Wildman–Crippen LogP) is 5.26. The molecule has 4 heteroatoms. The van der Waals surface area contributed by atoms with E-state index in [0.717, 1.165) is 21.5 Å². The molecule has 0 spiro atoms. The zero-order valence-electron chi connectivity index (χ0n) is 11.6. The molecule has 20 heavy (non-hydrogen) atoms. The van der Waals surface area contributed by atoms with Crippen molar-refractivity contribution in [1.82, 2.24) is 0 Å². The van der Waals surface area contributed by atoms with E-state index in [1.54, 1.807) is 14.2 Å². The first-order chi connectivity index (χ1) is 9.56. The summed E-state index contributed by atoms with van der Waals surface area (Å²) in [6, 6.07) is 12.3. The molecule has 0 aromatic heterocycles. The number of benzene rings is 2. The van der Waals surface area contributed by atoms with Crippen LogP contribution in [0.5, 0.6) is 11.5 Å². The predicted molar refractivity (Wildman–Crippen MR) is 89.2 cm³/mol. The molecule has 0 saturated heterocycles. The number of ether oxygens (including phenoxy) is 2. The summed E-state index contributed by atoms with van der Waals surface area (Å²) < 4.78 is 11.5. The van der Waals surface area contributed by atoms with Gasteiger partial charge in [-0.2, -0.15) is 0 Å². The number of methoxy groups -OCH3 is 2. The van der Waals surface area contributed by atoms with E-state index >= 15 is 0 Å². The quantitative estimate of drug-likeness (QED) is 0.653. The van der Waals surface area contributed by atoms with Crippen molar-refractivity contribution in [3.8, 4) is 11.5 Å². The zero-order chi connectivity index (χ0) is 14.7. The molecule has 0 radical (unpaired) electrons. The number of halogens is 2. The Morgan fingerprint density at radius 1 is 0.900 bits per heavy atom. The molecule has 0 heterocycles. The number of aryl methyl sites for hydroxylation is 1. The average Bonchev–Trinajstić information content (AvgIpc) is 2.46. The summed E-state index contributed by atoms with van der Waals surface area (Å²) in [5, 5.41) is 0. The topological polar surface area (TPSA) is 18.5 Å². The molecule has 1 unspecified atom stereocenters. The van der Waals surface area contributed by atoms with Crippen molar-refractivity contribution in [1.29, 1.82) is 0 Å². The van der Waals surface area contributed by atoms with Crippen molar-refractivity contribution in [2.24, 2.45) is 0 Å². The third-order valence-corrected chi connectivity index (χ3v) is 4.86. The van der Waals surface area contributed by atoms with Gasteiger partial charge in [0, 0.05) is 0 Å². The third-order valence-electron chi connectivity index (χ3n) is 3.18. The van der Waals surface area contributed by atoms with Gasteiger partial charge in [0.1, 0.15) is 11.5 Å². The van der Waals surface area contributed by atoms with Crippen molar-refractivity contribution in [2.75, 3.05) is 14.2 Å². The van der Waals surface area contributed by atoms with Gasteiger partial charge in [0.05, 0.1) is 23.5 Å². The van der Waals surface area contributed by atoms with E-state index in [1.807, 2.05) is 19.1 Å². The highest BCUT2D eigenvalue weighted by molar-refractivity contribution is 9.10. The fourth-order valence-electron chi connectivity index (χ4n) is 2.09. The molecule has 0 bridgehead atoms. The summed E-state index contributed by atoms with van der Waals surface area (Å²) in [5.74, 6) is 1.74. The molecule has 0 aliphatic carbocycles. The lowest BCUT2D eigenvalue weighted by molar-refractivity contribution is 0.411. The third kappa shape index (κ3) is 3.18. The summed E-state index contributed by atoms with van der Waals surface area (Å²) in [5.41, 5.74) is 3.49. The molecule has 0 fully saturated rings. The van der Waals surface area contributed by atoms with Crippen LogP contribution in [0.1, 0.15) is 21.5 Å². The Balaban J connectivity index is 2.33. The van der Waals surface area contributed by atoms with Crippen LogP contribution < -0.4 is 9.47 Å². The van der Waals surface area contributed by atoms with E-state index < -0.39 is 0 Å². The molecule has 2 aromatic carbocycles.